The molecule has 0 unspecified atom stereocenters. The van der Waals surface area contributed by atoms with Crippen molar-refractivity contribution in [2.45, 2.75) is 10.1 Å². The van der Waals surface area contributed by atoms with Crippen LogP contribution in [0.15, 0.2) is 52.9 Å². The Kier molecular flexibility index (Phi) is 6.28. The number of aromatic nitrogens is 4. The van der Waals surface area contributed by atoms with Gasteiger partial charge in [0.1, 0.15) is 11.6 Å². The molecule has 9 heteroatoms. The molecule has 1 N–H and O–H groups in total. The second kappa shape index (κ2) is 9.25. The monoisotopic (exact) mass is 427 g/mol. The summed E-state index contributed by atoms with van der Waals surface area (Å²) in [5, 5.41) is 12.5. The lowest BCUT2D eigenvalue weighted by atomic mass is 10.2. The largest absolute Gasteiger partial charge is 0.497 e. The van der Waals surface area contributed by atoms with Gasteiger partial charge in [0.25, 0.3) is 0 Å². The fourth-order valence-corrected chi connectivity index (χ4v) is 4.61. The zero-order valence-corrected chi connectivity index (χ0v) is 17.8. The van der Waals surface area contributed by atoms with Gasteiger partial charge in [-0.05, 0) is 36.4 Å². The van der Waals surface area contributed by atoms with Crippen molar-refractivity contribution in [1.82, 2.24) is 19.7 Å². The van der Waals surface area contributed by atoms with E-state index in [-0.39, 0.29) is 0 Å². The third kappa shape index (κ3) is 4.52. The fourth-order valence-electron chi connectivity index (χ4n) is 2.92. The Morgan fingerprint density at radius 3 is 2.69 bits per heavy atom. The van der Waals surface area contributed by atoms with Crippen molar-refractivity contribution in [3.8, 4) is 11.4 Å². The number of methoxy groups -OCH3 is 2. The number of nitrogens with zero attached hydrogens (tertiary/aromatic N) is 4. The van der Waals surface area contributed by atoms with Crippen molar-refractivity contribution in [2.75, 3.05) is 32.7 Å². The molecule has 0 fully saturated rings. The molecule has 150 valence electrons. The Hall–Kier alpha value is -2.62. The van der Waals surface area contributed by atoms with E-state index < -0.39 is 0 Å². The van der Waals surface area contributed by atoms with Crippen LogP contribution >= 0.6 is 23.1 Å². The zero-order chi connectivity index (χ0) is 20.1. The zero-order valence-electron chi connectivity index (χ0n) is 16.2. The third-order valence-corrected chi connectivity index (χ3v) is 6.28. The second-order valence-corrected chi connectivity index (χ2v) is 8.33. The Labute approximate surface area is 177 Å². The van der Waals surface area contributed by atoms with Crippen LogP contribution in [0.4, 0.5) is 5.13 Å². The molecular weight excluding hydrogens is 406 g/mol. The lowest BCUT2D eigenvalue weighted by molar-refractivity contribution is 0.211. The lowest BCUT2D eigenvalue weighted by Gasteiger charge is -2.09. The lowest BCUT2D eigenvalue weighted by Crippen LogP contribution is -2.06. The smallest absolute Gasteiger partial charge is 0.206 e. The van der Waals surface area contributed by atoms with Gasteiger partial charge in [-0.1, -0.05) is 35.2 Å². The van der Waals surface area contributed by atoms with E-state index in [9.17, 15) is 0 Å². The van der Waals surface area contributed by atoms with Crippen LogP contribution in [-0.2, 0) is 10.5 Å². The summed E-state index contributed by atoms with van der Waals surface area (Å²) in [5.74, 6) is 2.48. The topological polar surface area (TPSA) is 74.1 Å². The summed E-state index contributed by atoms with van der Waals surface area (Å²) in [6.07, 6.45) is 0. The van der Waals surface area contributed by atoms with Crippen molar-refractivity contribution in [1.29, 1.82) is 0 Å². The Balaban J connectivity index is 1.57. The molecule has 0 amide bonds. The fraction of sp³-hybridized carbons (Fsp3) is 0.250. The number of para-hydroxylation sites is 2. The van der Waals surface area contributed by atoms with E-state index in [1.807, 2.05) is 42.5 Å². The molecule has 0 saturated carbocycles. The van der Waals surface area contributed by atoms with Gasteiger partial charge < -0.3 is 14.8 Å². The highest BCUT2D eigenvalue weighted by Gasteiger charge is 2.14. The molecule has 29 heavy (non-hydrogen) atoms. The summed E-state index contributed by atoms with van der Waals surface area (Å²) in [4.78, 5) is 4.85. The van der Waals surface area contributed by atoms with E-state index in [4.69, 9.17) is 14.5 Å². The Morgan fingerprint density at radius 2 is 1.90 bits per heavy atom. The summed E-state index contributed by atoms with van der Waals surface area (Å²) in [6, 6.07) is 16.2. The molecule has 7 nitrogen and oxygen atoms in total. The maximum atomic E-state index is 5.29. The minimum Gasteiger partial charge on any atom is -0.497 e. The van der Waals surface area contributed by atoms with Crippen LogP contribution < -0.4 is 10.1 Å². The average molecular weight is 428 g/mol. The van der Waals surface area contributed by atoms with Gasteiger partial charge in [-0.2, -0.15) is 0 Å². The maximum Gasteiger partial charge on any atom is 0.206 e. The van der Waals surface area contributed by atoms with E-state index >= 15 is 0 Å². The molecule has 0 saturated heterocycles. The number of hydrogen-bond donors (Lipinski definition) is 1. The molecule has 0 atom stereocenters. The third-order valence-electron chi connectivity index (χ3n) is 4.27. The van der Waals surface area contributed by atoms with Crippen molar-refractivity contribution in [2.24, 2.45) is 0 Å². The predicted molar refractivity (Wildman–Crippen MR) is 117 cm³/mol. The number of rotatable bonds is 9. The molecule has 4 aromatic rings. The van der Waals surface area contributed by atoms with Crippen molar-refractivity contribution < 1.29 is 9.47 Å². The predicted octanol–water partition coefficient (Wildman–Crippen LogP) is 4.24. The molecule has 2 aromatic carbocycles. The summed E-state index contributed by atoms with van der Waals surface area (Å²) < 4.78 is 13.4. The van der Waals surface area contributed by atoms with Gasteiger partial charge in [0.05, 0.1) is 30.5 Å². The molecule has 0 radical (unpaired) electrons. The summed E-state index contributed by atoms with van der Waals surface area (Å²) in [6.45, 7) is 1.34. The first-order valence-corrected chi connectivity index (χ1v) is 10.9. The summed E-state index contributed by atoms with van der Waals surface area (Å²) in [7, 11) is 3.35. The molecule has 0 bridgehead atoms. The SMILES string of the molecule is COCCNc1nnc(SCc2nc3ccccc3n2-c2ccc(OC)cc2)s1. The van der Waals surface area contributed by atoms with Gasteiger partial charge in [-0.15, -0.1) is 10.2 Å². The molecule has 0 aliphatic rings. The molecule has 0 spiro atoms. The van der Waals surface area contributed by atoms with Crippen LogP contribution in [0.2, 0.25) is 0 Å². The van der Waals surface area contributed by atoms with Crippen molar-refractivity contribution in [3.63, 3.8) is 0 Å². The first-order chi connectivity index (χ1) is 14.3. The van der Waals surface area contributed by atoms with Crippen molar-refractivity contribution >= 4 is 39.3 Å². The highest BCUT2D eigenvalue weighted by molar-refractivity contribution is 8.00. The average Bonchev–Trinajstić information content (AvgIpc) is 3.36. The number of thioether (sulfide) groups is 1. The summed E-state index contributed by atoms with van der Waals surface area (Å²) in [5.41, 5.74) is 3.10. The van der Waals surface area contributed by atoms with Gasteiger partial charge in [0, 0.05) is 19.3 Å². The van der Waals surface area contributed by atoms with Crippen LogP contribution in [0.3, 0.4) is 0 Å². The van der Waals surface area contributed by atoms with Gasteiger partial charge in [0.15, 0.2) is 4.34 Å². The number of hydrogen-bond acceptors (Lipinski definition) is 8. The van der Waals surface area contributed by atoms with Gasteiger partial charge >= 0.3 is 0 Å². The molecule has 0 aliphatic heterocycles. The maximum absolute atomic E-state index is 5.29. The highest BCUT2D eigenvalue weighted by atomic mass is 32.2. The summed E-state index contributed by atoms with van der Waals surface area (Å²) >= 11 is 3.17. The number of imidazole rings is 1. The molecule has 0 aliphatic carbocycles. The van der Waals surface area contributed by atoms with Crippen LogP contribution in [0.25, 0.3) is 16.7 Å². The molecule has 4 rings (SSSR count). The standard InChI is InChI=1S/C20H21N5O2S2/c1-26-12-11-21-19-23-24-20(29-19)28-13-18-22-16-5-3-4-6-17(16)25(18)14-7-9-15(27-2)10-8-14/h3-10H,11-13H2,1-2H3,(H,21,23). The number of benzene rings is 2. The minimum atomic E-state index is 0.633. The van der Waals surface area contributed by atoms with Crippen LogP contribution in [0.5, 0.6) is 5.75 Å². The second-order valence-electron chi connectivity index (χ2n) is 6.13. The number of fused-ring (bicyclic) bond motifs is 1. The van der Waals surface area contributed by atoms with Crippen LogP contribution in [0.1, 0.15) is 5.82 Å². The van der Waals surface area contributed by atoms with Gasteiger partial charge in [0.2, 0.25) is 5.13 Å². The van der Waals surface area contributed by atoms with E-state index in [0.717, 1.165) is 37.8 Å². The Bertz CT molecular complexity index is 1080. The highest BCUT2D eigenvalue weighted by Crippen LogP contribution is 2.31. The first kappa shape index (κ1) is 19.7. The van der Waals surface area contributed by atoms with E-state index in [0.29, 0.717) is 18.9 Å². The quantitative estimate of drug-likeness (QED) is 0.316. The molecular formula is C20H21N5O2S2. The van der Waals surface area contributed by atoms with Crippen molar-refractivity contribution in [3.05, 3.63) is 54.4 Å². The Morgan fingerprint density at radius 1 is 1.07 bits per heavy atom. The van der Waals surface area contributed by atoms with Crippen LogP contribution in [-0.4, -0.2) is 47.1 Å². The van der Waals surface area contributed by atoms with Crippen LogP contribution in [0, 0.1) is 0 Å². The number of nitrogens with one attached hydrogen (secondary N) is 1. The minimum absolute atomic E-state index is 0.633. The molecule has 2 aromatic heterocycles. The van der Waals surface area contributed by atoms with E-state index in [1.54, 1.807) is 26.0 Å². The normalized spacial score (nSPS) is 11.1. The van der Waals surface area contributed by atoms with Gasteiger partial charge in [-0.25, -0.2) is 4.98 Å². The van der Waals surface area contributed by atoms with Gasteiger partial charge in [-0.3, -0.25) is 4.57 Å². The number of anilines is 1. The molecule has 2 heterocycles. The first-order valence-electron chi connectivity index (χ1n) is 9.08. The van der Waals surface area contributed by atoms with E-state index in [2.05, 4.69) is 26.1 Å². The van der Waals surface area contributed by atoms with E-state index in [1.165, 1.54) is 11.3 Å². The number of ether oxygens (including phenoxy) is 2.